The molecule has 0 saturated heterocycles. The number of carbonyl (C=O) groups is 2. The van der Waals surface area contributed by atoms with Crippen molar-refractivity contribution in [2.24, 2.45) is 0 Å². The van der Waals surface area contributed by atoms with Gasteiger partial charge in [-0.1, -0.05) is 18.2 Å². The molecule has 3 aromatic rings. The first-order valence-corrected chi connectivity index (χ1v) is 9.14. The highest BCUT2D eigenvalue weighted by molar-refractivity contribution is 6.05. The van der Waals surface area contributed by atoms with Gasteiger partial charge in [-0.15, -0.1) is 0 Å². The van der Waals surface area contributed by atoms with E-state index in [2.05, 4.69) is 21.0 Å². The van der Waals surface area contributed by atoms with Gasteiger partial charge in [0.15, 0.2) is 11.4 Å². The molecule has 0 aliphatic carbocycles. The highest BCUT2D eigenvalue weighted by Gasteiger charge is 2.17. The van der Waals surface area contributed by atoms with Crippen molar-refractivity contribution in [3.63, 3.8) is 0 Å². The summed E-state index contributed by atoms with van der Waals surface area (Å²) in [6.45, 7) is 2.44. The molecule has 0 unspecified atom stereocenters. The Morgan fingerprint density at radius 2 is 1.67 bits per heavy atom. The maximum atomic E-state index is 12.6. The molecule has 2 amide bonds. The number of aromatic nitrogens is 4. The Hall–Kier alpha value is -3.86. The molecule has 30 heavy (non-hydrogen) atoms. The van der Waals surface area contributed by atoms with Gasteiger partial charge < -0.3 is 4.74 Å². The Labute approximate surface area is 170 Å². The molecule has 11 heteroatoms. The van der Waals surface area contributed by atoms with Gasteiger partial charge in [-0.05, 0) is 19.1 Å². The Bertz CT molecular complexity index is 1220. The number of ether oxygens (including phenoxy) is 1. The average molecular weight is 412 g/mol. The van der Waals surface area contributed by atoms with E-state index >= 15 is 0 Å². The van der Waals surface area contributed by atoms with Crippen LogP contribution in [0.5, 0.6) is 0 Å². The number of nitrogens with one attached hydrogen (secondary N) is 2. The van der Waals surface area contributed by atoms with Crippen LogP contribution in [0.4, 0.5) is 0 Å². The SMILES string of the molecule is CCn1nc(C(=O)NNC(=O)c2ccc(=O)n(CCOC)n2)c2ccccc2c1=O. The van der Waals surface area contributed by atoms with E-state index in [1.165, 1.54) is 23.9 Å². The van der Waals surface area contributed by atoms with Crippen LogP contribution in [0.3, 0.4) is 0 Å². The summed E-state index contributed by atoms with van der Waals surface area (Å²) >= 11 is 0. The lowest BCUT2D eigenvalue weighted by molar-refractivity contribution is 0.0839. The second-order valence-corrected chi connectivity index (χ2v) is 6.20. The minimum absolute atomic E-state index is 0.00891. The number of benzene rings is 1. The number of fused-ring (bicyclic) bond motifs is 1. The number of hydrogen-bond acceptors (Lipinski definition) is 7. The molecule has 0 fully saturated rings. The maximum Gasteiger partial charge on any atom is 0.290 e. The molecule has 0 bridgehead atoms. The Morgan fingerprint density at radius 3 is 2.37 bits per heavy atom. The summed E-state index contributed by atoms with van der Waals surface area (Å²) < 4.78 is 7.17. The van der Waals surface area contributed by atoms with Gasteiger partial charge in [0.25, 0.3) is 22.9 Å². The maximum absolute atomic E-state index is 12.6. The van der Waals surface area contributed by atoms with E-state index in [1.807, 2.05) is 0 Å². The van der Waals surface area contributed by atoms with Gasteiger partial charge >= 0.3 is 0 Å². The van der Waals surface area contributed by atoms with E-state index in [-0.39, 0.29) is 42.2 Å². The lowest BCUT2D eigenvalue weighted by Gasteiger charge is -2.11. The van der Waals surface area contributed by atoms with Crippen LogP contribution in [0.1, 0.15) is 27.9 Å². The molecule has 0 saturated carbocycles. The van der Waals surface area contributed by atoms with Gasteiger partial charge in [0.2, 0.25) is 0 Å². The molecule has 0 aliphatic heterocycles. The molecule has 0 atom stereocenters. The zero-order valence-corrected chi connectivity index (χ0v) is 16.4. The van der Waals surface area contributed by atoms with Crippen molar-refractivity contribution in [2.75, 3.05) is 13.7 Å². The second-order valence-electron chi connectivity index (χ2n) is 6.20. The highest BCUT2D eigenvalue weighted by atomic mass is 16.5. The number of hydrogen-bond donors (Lipinski definition) is 2. The molecule has 1 aromatic carbocycles. The Balaban J connectivity index is 1.81. The van der Waals surface area contributed by atoms with Gasteiger partial charge in [-0.3, -0.25) is 30.0 Å². The van der Waals surface area contributed by atoms with Gasteiger partial charge in [0.05, 0.1) is 18.5 Å². The van der Waals surface area contributed by atoms with E-state index in [4.69, 9.17) is 4.74 Å². The number of methoxy groups -OCH3 is 1. The molecule has 11 nitrogen and oxygen atoms in total. The quantitative estimate of drug-likeness (QED) is 0.530. The number of carbonyl (C=O) groups excluding carboxylic acids is 2. The van der Waals surface area contributed by atoms with Crippen LogP contribution >= 0.6 is 0 Å². The first kappa shape index (κ1) is 20.9. The molecule has 0 radical (unpaired) electrons. The van der Waals surface area contributed by atoms with Crippen molar-refractivity contribution in [3.8, 4) is 0 Å². The summed E-state index contributed by atoms with van der Waals surface area (Å²) in [4.78, 5) is 49.1. The molecule has 2 aromatic heterocycles. The molecular weight excluding hydrogens is 392 g/mol. The number of amides is 2. The third-order valence-corrected chi connectivity index (χ3v) is 4.28. The van der Waals surface area contributed by atoms with Crippen molar-refractivity contribution in [3.05, 3.63) is 68.5 Å². The summed E-state index contributed by atoms with van der Waals surface area (Å²) in [6.07, 6.45) is 0. The molecular formula is C19H20N6O5. The fraction of sp³-hybridized carbons (Fsp3) is 0.263. The minimum atomic E-state index is -0.720. The van der Waals surface area contributed by atoms with Gasteiger partial charge in [0.1, 0.15) is 0 Å². The average Bonchev–Trinajstić information content (AvgIpc) is 2.77. The van der Waals surface area contributed by atoms with Crippen molar-refractivity contribution < 1.29 is 14.3 Å². The van der Waals surface area contributed by atoms with Crippen LogP contribution in [-0.4, -0.2) is 45.1 Å². The van der Waals surface area contributed by atoms with E-state index in [1.54, 1.807) is 31.2 Å². The summed E-state index contributed by atoms with van der Waals surface area (Å²) in [6, 6.07) is 9.03. The van der Waals surface area contributed by atoms with Gasteiger partial charge in [-0.25, -0.2) is 9.36 Å². The molecule has 156 valence electrons. The summed E-state index contributed by atoms with van der Waals surface area (Å²) in [5.74, 6) is -1.42. The highest BCUT2D eigenvalue weighted by Crippen LogP contribution is 2.13. The number of hydrazine groups is 1. The van der Waals surface area contributed by atoms with Crippen LogP contribution in [0.2, 0.25) is 0 Å². The van der Waals surface area contributed by atoms with Crippen LogP contribution in [0.15, 0.2) is 46.0 Å². The van der Waals surface area contributed by atoms with E-state index in [9.17, 15) is 19.2 Å². The molecule has 2 N–H and O–H groups in total. The molecule has 3 rings (SSSR count). The topological polar surface area (TPSA) is 137 Å². The van der Waals surface area contributed by atoms with Crippen LogP contribution in [0.25, 0.3) is 10.8 Å². The summed E-state index contributed by atoms with van der Waals surface area (Å²) in [5, 5.41) is 8.75. The number of nitrogens with zero attached hydrogens (tertiary/aromatic N) is 4. The summed E-state index contributed by atoms with van der Waals surface area (Å²) in [5.41, 5.74) is 3.74. The van der Waals surface area contributed by atoms with Crippen LogP contribution in [0, 0.1) is 0 Å². The predicted octanol–water partition coefficient (Wildman–Crippen LogP) is -0.306. The van der Waals surface area contributed by atoms with E-state index < -0.39 is 11.8 Å². The minimum Gasteiger partial charge on any atom is -0.383 e. The molecule has 0 spiro atoms. The third-order valence-electron chi connectivity index (χ3n) is 4.28. The lowest BCUT2D eigenvalue weighted by atomic mass is 10.1. The largest absolute Gasteiger partial charge is 0.383 e. The molecule has 0 aliphatic rings. The Morgan fingerprint density at radius 1 is 0.967 bits per heavy atom. The van der Waals surface area contributed by atoms with Crippen LogP contribution < -0.4 is 22.0 Å². The van der Waals surface area contributed by atoms with E-state index in [0.717, 1.165) is 4.68 Å². The zero-order valence-electron chi connectivity index (χ0n) is 16.4. The number of rotatable bonds is 6. The van der Waals surface area contributed by atoms with E-state index in [0.29, 0.717) is 10.8 Å². The van der Waals surface area contributed by atoms with Crippen molar-refractivity contribution >= 4 is 22.6 Å². The fourth-order valence-electron chi connectivity index (χ4n) is 2.76. The predicted molar refractivity (Wildman–Crippen MR) is 107 cm³/mol. The molecule has 2 heterocycles. The number of aryl methyl sites for hydroxylation is 1. The second kappa shape index (κ2) is 9.09. The van der Waals surface area contributed by atoms with Gasteiger partial charge in [0, 0.05) is 25.1 Å². The van der Waals surface area contributed by atoms with Gasteiger partial charge in [-0.2, -0.15) is 10.2 Å². The monoisotopic (exact) mass is 412 g/mol. The first-order chi connectivity index (χ1) is 14.5. The fourth-order valence-corrected chi connectivity index (χ4v) is 2.76. The third kappa shape index (κ3) is 4.25. The van der Waals surface area contributed by atoms with Crippen molar-refractivity contribution in [1.82, 2.24) is 30.4 Å². The zero-order chi connectivity index (χ0) is 21.7. The standard InChI is InChI=1S/C19H20N6O5/c1-3-24-19(29)13-7-5-4-6-12(13)16(23-24)18(28)21-20-17(27)14-8-9-15(26)25(22-14)10-11-30-2/h4-9H,3,10-11H2,1-2H3,(H,20,27)(H,21,28). The normalized spacial score (nSPS) is 10.7. The smallest absolute Gasteiger partial charge is 0.290 e. The first-order valence-electron chi connectivity index (χ1n) is 9.14. The summed E-state index contributed by atoms with van der Waals surface area (Å²) in [7, 11) is 1.48. The Kier molecular flexibility index (Phi) is 6.32. The van der Waals surface area contributed by atoms with Crippen molar-refractivity contribution in [2.45, 2.75) is 20.0 Å². The van der Waals surface area contributed by atoms with Crippen molar-refractivity contribution in [1.29, 1.82) is 0 Å². The lowest BCUT2D eigenvalue weighted by Crippen LogP contribution is -2.43. The van der Waals surface area contributed by atoms with Crippen LogP contribution in [-0.2, 0) is 17.8 Å².